The first-order chi connectivity index (χ1) is 16.2. The molecule has 206 valence electrons. The molecule has 0 fully saturated rings. The van der Waals surface area contributed by atoms with Crippen LogP contribution in [0.25, 0.3) is 0 Å². The molecule has 3 N–H and O–H groups in total. The van der Waals surface area contributed by atoms with Gasteiger partial charge in [0.05, 0.1) is 0 Å². The molecule has 1 aliphatic rings. The van der Waals surface area contributed by atoms with Crippen LogP contribution in [0.2, 0.25) is 0 Å². The zero-order chi connectivity index (χ0) is 23.3. The third-order valence-corrected chi connectivity index (χ3v) is 6.88. The molecule has 0 spiro atoms. The van der Waals surface area contributed by atoms with Gasteiger partial charge in [-0.25, -0.2) is 0 Å². The molecule has 0 saturated heterocycles. The minimum atomic E-state index is 0. The highest BCUT2D eigenvalue weighted by Gasteiger charge is 2.26. The molecule has 0 saturated carbocycles. The van der Waals surface area contributed by atoms with Crippen molar-refractivity contribution >= 4 is 50.9 Å². The van der Waals surface area contributed by atoms with Crippen LogP contribution in [0, 0.1) is 0 Å². The van der Waals surface area contributed by atoms with Gasteiger partial charge in [-0.3, -0.25) is 4.98 Å². The molecule has 8 heteroatoms. The fourth-order valence-corrected chi connectivity index (χ4v) is 5.02. The van der Waals surface area contributed by atoms with Crippen molar-refractivity contribution < 1.29 is 10.2 Å². The van der Waals surface area contributed by atoms with E-state index in [9.17, 15) is 10.2 Å². The van der Waals surface area contributed by atoms with Crippen molar-refractivity contribution in [3.8, 4) is 11.5 Å². The van der Waals surface area contributed by atoms with E-state index in [2.05, 4.69) is 34.3 Å². The van der Waals surface area contributed by atoms with Crippen LogP contribution < -0.4 is 5.32 Å². The van der Waals surface area contributed by atoms with Gasteiger partial charge in [0.25, 0.3) is 0 Å². The third kappa shape index (κ3) is 11.8. The van der Waals surface area contributed by atoms with Gasteiger partial charge in [-0.15, -0.1) is 50.9 Å². The average Bonchev–Trinajstić information content (AvgIpc) is 2.84. The minimum Gasteiger partial charge on any atom is -0.504 e. The number of phenols is 2. The number of phenolic OH excluding ortho intramolecular Hbond substituents is 2. The van der Waals surface area contributed by atoms with Crippen LogP contribution in [-0.2, 0) is 19.3 Å². The molecule has 0 unspecified atom stereocenters. The summed E-state index contributed by atoms with van der Waals surface area (Å²) < 4.78 is 0. The average molecular weight is 696 g/mol. The van der Waals surface area contributed by atoms with Crippen LogP contribution in [-0.4, -0.2) is 52.3 Å². The van der Waals surface area contributed by atoms with Crippen LogP contribution in [0.5, 0.6) is 11.5 Å². The van der Waals surface area contributed by atoms with E-state index in [1.807, 2.05) is 18.3 Å². The number of halogens is 3. The summed E-state index contributed by atoms with van der Waals surface area (Å²) in [6, 6.07) is 10.3. The number of aromatic hydroxyl groups is 2. The Kier molecular flexibility index (Phi) is 19.9. The predicted octanol–water partition coefficient (Wildman–Crippen LogP) is 6.97. The predicted molar refractivity (Wildman–Crippen MR) is 167 cm³/mol. The number of pyridine rings is 1. The highest BCUT2D eigenvalue weighted by Crippen LogP contribution is 2.36. The van der Waals surface area contributed by atoms with E-state index in [4.69, 9.17) is 0 Å². The lowest BCUT2D eigenvalue weighted by Gasteiger charge is -2.35. The van der Waals surface area contributed by atoms with Gasteiger partial charge in [-0.2, -0.15) is 0 Å². The number of aromatic nitrogens is 1. The number of nitrogens with one attached hydrogen (secondary N) is 1. The second-order valence-corrected chi connectivity index (χ2v) is 9.45. The number of benzene rings is 1. The van der Waals surface area contributed by atoms with Crippen molar-refractivity contribution in [2.45, 2.75) is 83.6 Å². The molecule has 1 aromatic heterocycles. The summed E-state index contributed by atoms with van der Waals surface area (Å²) in [6.45, 7) is 6.80. The summed E-state index contributed by atoms with van der Waals surface area (Å²) in [7, 11) is 0. The van der Waals surface area contributed by atoms with E-state index in [0.717, 1.165) is 50.9 Å². The summed E-state index contributed by atoms with van der Waals surface area (Å²) in [6.07, 6.45) is 14.5. The minimum absolute atomic E-state index is 0. The number of hydrogen-bond donors (Lipinski definition) is 3. The topological polar surface area (TPSA) is 68.6 Å². The van der Waals surface area contributed by atoms with Crippen LogP contribution in [0.1, 0.15) is 75.1 Å². The van der Waals surface area contributed by atoms with Gasteiger partial charge >= 0.3 is 0 Å². The third-order valence-electron chi connectivity index (χ3n) is 6.88. The zero-order valence-electron chi connectivity index (χ0n) is 21.7. The van der Waals surface area contributed by atoms with Gasteiger partial charge in [0.2, 0.25) is 0 Å². The Labute approximate surface area is 249 Å². The fraction of sp³-hybridized carbons (Fsp3) is 0.607. The Morgan fingerprint density at radius 2 is 1.67 bits per heavy atom. The Morgan fingerprint density at radius 1 is 0.917 bits per heavy atom. The van der Waals surface area contributed by atoms with Crippen molar-refractivity contribution in [3.63, 3.8) is 0 Å². The lowest BCUT2D eigenvalue weighted by Crippen LogP contribution is -2.40. The largest absolute Gasteiger partial charge is 0.504 e. The second-order valence-electron chi connectivity index (χ2n) is 9.45. The summed E-state index contributed by atoms with van der Waals surface area (Å²) in [4.78, 5) is 7.04. The van der Waals surface area contributed by atoms with Crippen molar-refractivity contribution in [1.82, 2.24) is 15.2 Å². The Balaban J connectivity index is 0.00000408. The molecule has 1 aromatic carbocycles. The molecule has 0 aliphatic heterocycles. The fourth-order valence-electron chi connectivity index (χ4n) is 5.02. The molecule has 1 aliphatic carbocycles. The van der Waals surface area contributed by atoms with Gasteiger partial charge in [0.1, 0.15) is 0 Å². The lowest BCUT2D eigenvalue weighted by molar-refractivity contribution is 0.175. The Hall–Kier alpha value is -0.670. The van der Waals surface area contributed by atoms with Crippen LogP contribution in [0.4, 0.5) is 0 Å². The van der Waals surface area contributed by atoms with E-state index >= 15 is 0 Å². The normalized spacial score (nSPS) is 14.3. The maximum atomic E-state index is 10.2. The Morgan fingerprint density at radius 3 is 2.39 bits per heavy atom. The molecular weight excluding hydrogens is 650 g/mol. The molecule has 1 heterocycles. The van der Waals surface area contributed by atoms with E-state index in [1.165, 1.54) is 62.7 Å². The van der Waals surface area contributed by atoms with Crippen LogP contribution in [0.15, 0.2) is 36.5 Å². The number of hydrogen-bond acceptors (Lipinski definition) is 5. The molecule has 0 bridgehead atoms. The number of aryl methyl sites for hydroxylation is 1. The molecular formula is C28H46Br3N3O2. The second kappa shape index (κ2) is 20.3. The van der Waals surface area contributed by atoms with Gasteiger partial charge in [0.15, 0.2) is 11.5 Å². The summed E-state index contributed by atoms with van der Waals surface area (Å²) in [5, 5.41) is 23.5. The smallest absolute Gasteiger partial charge is 0.160 e. The molecule has 2 aromatic rings. The molecule has 0 amide bonds. The summed E-state index contributed by atoms with van der Waals surface area (Å²) in [5.74, 6) is 0.103. The lowest BCUT2D eigenvalue weighted by atomic mass is 9.86. The zero-order valence-corrected chi connectivity index (χ0v) is 26.8. The van der Waals surface area contributed by atoms with Gasteiger partial charge < -0.3 is 20.4 Å². The quantitative estimate of drug-likeness (QED) is 0.139. The molecule has 1 atom stereocenters. The summed E-state index contributed by atoms with van der Waals surface area (Å²) >= 11 is 0. The van der Waals surface area contributed by atoms with Crippen LogP contribution in [0.3, 0.4) is 0 Å². The number of nitrogens with zero attached hydrogens (tertiary/aromatic N) is 2. The Bertz CT molecular complexity index is 827. The standard InChI is InChI=1S/C28H43N3O2.3BrH/c1-2-20-31(25-14-15-26-23(22-25)13-16-27(32)28(26)33)21-10-4-3-7-17-29-18-8-5-11-24-12-6-9-19-30-24;;;/h6,9,12-13,16,19,25,29,32-33H,2-5,7-8,10-11,14-15,17-18,20-22H2,1H3;3*1H/t25-;;;/m0.../s1. The van der Waals surface area contributed by atoms with Crippen molar-refractivity contribution in [2.75, 3.05) is 26.2 Å². The molecule has 3 rings (SSSR count). The molecule has 5 nitrogen and oxygen atoms in total. The maximum Gasteiger partial charge on any atom is 0.160 e. The van der Waals surface area contributed by atoms with Gasteiger partial charge in [-0.1, -0.05) is 31.9 Å². The van der Waals surface area contributed by atoms with E-state index in [0.29, 0.717) is 6.04 Å². The van der Waals surface area contributed by atoms with Gasteiger partial charge in [-0.05, 0) is 108 Å². The van der Waals surface area contributed by atoms with Crippen LogP contribution >= 0.6 is 50.9 Å². The highest BCUT2D eigenvalue weighted by molar-refractivity contribution is 8.93. The SMILES string of the molecule is Br.Br.Br.CCCN(CCCCCCNCCCCc1ccccn1)[C@H]1CCc2c(ccc(O)c2O)C1. The number of rotatable bonds is 15. The maximum absolute atomic E-state index is 10.2. The van der Waals surface area contributed by atoms with Gasteiger partial charge in [0, 0.05) is 23.5 Å². The van der Waals surface area contributed by atoms with Crippen molar-refractivity contribution in [3.05, 3.63) is 53.3 Å². The first-order valence-electron chi connectivity index (χ1n) is 13.1. The monoisotopic (exact) mass is 693 g/mol. The summed E-state index contributed by atoms with van der Waals surface area (Å²) in [5.41, 5.74) is 3.35. The van der Waals surface area contributed by atoms with Crippen molar-refractivity contribution in [1.29, 1.82) is 0 Å². The molecule has 36 heavy (non-hydrogen) atoms. The number of unbranched alkanes of at least 4 members (excludes halogenated alkanes) is 4. The van der Waals surface area contributed by atoms with E-state index in [-0.39, 0.29) is 62.4 Å². The van der Waals surface area contributed by atoms with E-state index < -0.39 is 0 Å². The first-order valence-corrected chi connectivity index (χ1v) is 13.1. The van der Waals surface area contributed by atoms with Crippen molar-refractivity contribution in [2.24, 2.45) is 0 Å². The first kappa shape index (κ1) is 35.3. The molecule has 0 radical (unpaired) electrons. The van der Waals surface area contributed by atoms with E-state index in [1.54, 1.807) is 6.07 Å². The number of fused-ring (bicyclic) bond motifs is 1. The highest BCUT2D eigenvalue weighted by atomic mass is 79.9.